The number of hydrogen-bond acceptors (Lipinski definition) is 3. The molecule has 2 atom stereocenters. The van der Waals surface area contributed by atoms with Gasteiger partial charge in [-0.2, -0.15) is 0 Å². The third-order valence-electron chi connectivity index (χ3n) is 6.88. The summed E-state index contributed by atoms with van der Waals surface area (Å²) in [7, 11) is -2.86. The molecule has 2 unspecified atom stereocenters. The van der Waals surface area contributed by atoms with Gasteiger partial charge in [0.25, 0.3) is 0 Å². The normalized spacial score (nSPS) is 22.1. The van der Waals surface area contributed by atoms with Gasteiger partial charge >= 0.3 is 0 Å². The Kier molecular flexibility index (Phi) is 6.41. The van der Waals surface area contributed by atoms with E-state index in [1.54, 1.807) is 0 Å². The van der Waals surface area contributed by atoms with Crippen molar-refractivity contribution in [1.29, 1.82) is 0 Å². The van der Waals surface area contributed by atoms with Gasteiger partial charge in [-0.1, -0.05) is 55.0 Å². The number of benzene rings is 2. The second-order valence-corrected chi connectivity index (χ2v) is 11.3. The molecule has 0 aromatic heterocycles. The van der Waals surface area contributed by atoms with E-state index in [9.17, 15) is 8.42 Å². The Morgan fingerprint density at radius 3 is 2.45 bits per heavy atom. The summed E-state index contributed by atoms with van der Waals surface area (Å²) in [6.07, 6.45) is 8.55. The molecule has 0 saturated heterocycles. The van der Waals surface area contributed by atoms with Crippen LogP contribution >= 0.6 is 0 Å². The molecule has 0 heterocycles. The van der Waals surface area contributed by atoms with Gasteiger partial charge in [-0.3, -0.25) is 0 Å². The second-order valence-electron chi connectivity index (χ2n) is 8.91. The maximum Gasteiger partial charge on any atom is 0.153 e. The largest absolute Gasteiger partial charge is 0.327 e. The molecule has 2 aliphatic carbocycles. The quantitative estimate of drug-likeness (QED) is 0.647. The van der Waals surface area contributed by atoms with Crippen molar-refractivity contribution in [2.75, 3.05) is 5.75 Å². The summed E-state index contributed by atoms with van der Waals surface area (Å²) in [4.78, 5) is 0. The van der Waals surface area contributed by atoms with Gasteiger partial charge in [0, 0.05) is 12.0 Å². The number of unbranched alkanes of at least 4 members (excludes halogenated alkanes) is 1. The highest BCUT2D eigenvalue weighted by molar-refractivity contribution is 7.92. The highest BCUT2D eigenvalue weighted by atomic mass is 32.2. The molecule has 1 saturated carbocycles. The minimum Gasteiger partial charge on any atom is -0.327 e. The van der Waals surface area contributed by atoms with Crippen LogP contribution in [0, 0.1) is 0 Å². The average molecular weight is 412 g/mol. The van der Waals surface area contributed by atoms with E-state index in [1.165, 1.54) is 22.3 Å². The van der Waals surface area contributed by atoms with E-state index in [0.717, 1.165) is 57.8 Å². The summed E-state index contributed by atoms with van der Waals surface area (Å²) in [6.45, 7) is 0. The molecule has 0 radical (unpaired) electrons. The minimum atomic E-state index is -2.86. The molecule has 1 fully saturated rings. The van der Waals surface area contributed by atoms with Crippen molar-refractivity contribution in [3.8, 4) is 0 Å². The summed E-state index contributed by atoms with van der Waals surface area (Å²) in [5.41, 5.74) is 12.0. The molecule has 4 rings (SSSR count). The molecule has 2 N–H and O–H groups in total. The molecule has 0 aliphatic heterocycles. The van der Waals surface area contributed by atoms with Crippen molar-refractivity contribution in [3.05, 3.63) is 70.8 Å². The zero-order chi connectivity index (χ0) is 20.3. The van der Waals surface area contributed by atoms with Gasteiger partial charge in [0.2, 0.25) is 0 Å². The van der Waals surface area contributed by atoms with E-state index >= 15 is 0 Å². The first-order valence-corrected chi connectivity index (χ1v) is 12.9. The molecule has 2 aromatic rings. The lowest BCUT2D eigenvalue weighted by atomic mass is 9.76. The van der Waals surface area contributed by atoms with Crippen molar-refractivity contribution in [3.63, 3.8) is 0 Å². The zero-order valence-electron chi connectivity index (χ0n) is 17.2. The number of rotatable bonds is 8. The molecule has 3 nitrogen and oxygen atoms in total. The topological polar surface area (TPSA) is 60.2 Å². The fourth-order valence-electron chi connectivity index (χ4n) is 4.79. The molecule has 0 amide bonds. The molecule has 4 heteroatoms. The maximum atomic E-state index is 12.3. The first kappa shape index (κ1) is 20.6. The Labute approximate surface area is 175 Å². The molecule has 0 spiro atoms. The van der Waals surface area contributed by atoms with Crippen molar-refractivity contribution in [2.45, 2.75) is 75.0 Å². The fraction of sp³-hybridized carbons (Fsp3) is 0.520. The van der Waals surface area contributed by atoms with Crippen LogP contribution in [0.1, 0.15) is 66.7 Å². The number of nitrogens with two attached hydrogens (primary N) is 1. The van der Waals surface area contributed by atoms with Crippen LogP contribution in [0.15, 0.2) is 48.5 Å². The Hall–Kier alpha value is -1.65. The van der Waals surface area contributed by atoms with Gasteiger partial charge in [-0.15, -0.1) is 0 Å². The number of aryl methyl sites for hydroxylation is 2. The smallest absolute Gasteiger partial charge is 0.153 e. The average Bonchev–Trinajstić information content (AvgIpc) is 2.66. The highest BCUT2D eigenvalue weighted by Gasteiger charge is 2.30. The summed E-state index contributed by atoms with van der Waals surface area (Å²) in [5.74, 6) is 0.713. The van der Waals surface area contributed by atoms with Crippen molar-refractivity contribution < 1.29 is 8.42 Å². The Balaban J connectivity index is 1.40. The lowest BCUT2D eigenvalue weighted by molar-refractivity contribution is 0.467. The van der Waals surface area contributed by atoms with E-state index in [0.29, 0.717) is 11.7 Å². The second kappa shape index (κ2) is 9.01. The van der Waals surface area contributed by atoms with E-state index < -0.39 is 9.84 Å². The van der Waals surface area contributed by atoms with Gasteiger partial charge in [0.15, 0.2) is 9.84 Å². The van der Waals surface area contributed by atoms with Crippen LogP contribution in [0.2, 0.25) is 0 Å². The molecular weight excluding hydrogens is 378 g/mol. The summed E-state index contributed by atoms with van der Waals surface area (Å²) in [5, 5.41) is -0.0496. The van der Waals surface area contributed by atoms with Crippen LogP contribution in [-0.2, 0) is 29.1 Å². The van der Waals surface area contributed by atoms with Gasteiger partial charge in [-0.25, -0.2) is 8.42 Å². The molecule has 2 aromatic carbocycles. The molecule has 156 valence electrons. The van der Waals surface area contributed by atoms with E-state index in [2.05, 4.69) is 48.5 Å². The van der Waals surface area contributed by atoms with Gasteiger partial charge in [0.1, 0.15) is 0 Å². The Morgan fingerprint density at radius 1 is 0.931 bits per heavy atom. The molecule has 29 heavy (non-hydrogen) atoms. The van der Waals surface area contributed by atoms with E-state index in [-0.39, 0.29) is 11.3 Å². The van der Waals surface area contributed by atoms with Crippen LogP contribution < -0.4 is 5.73 Å². The Morgan fingerprint density at radius 2 is 1.72 bits per heavy atom. The minimum absolute atomic E-state index is 0.0496. The van der Waals surface area contributed by atoms with Crippen LogP contribution in [0.5, 0.6) is 0 Å². The van der Waals surface area contributed by atoms with Gasteiger partial charge in [-0.05, 0) is 73.6 Å². The van der Waals surface area contributed by atoms with Crippen molar-refractivity contribution >= 4 is 9.84 Å². The van der Waals surface area contributed by atoms with Gasteiger partial charge < -0.3 is 5.73 Å². The molecule has 0 bridgehead atoms. The predicted octanol–water partition coefficient (Wildman–Crippen LogP) is 4.58. The lowest BCUT2D eigenvalue weighted by Crippen LogP contribution is -2.34. The van der Waals surface area contributed by atoms with E-state index in [1.807, 2.05) is 0 Å². The lowest BCUT2D eigenvalue weighted by Gasteiger charge is -2.32. The van der Waals surface area contributed by atoms with Crippen LogP contribution in [0.25, 0.3) is 0 Å². The first-order valence-electron chi connectivity index (χ1n) is 11.2. The third kappa shape index (κ3) is 4.92. The standard InChI is InChI=1S/C25H33NO2S/c26-25-15-14-21-13-12-20(9-4-5-16-29(27,28)22-10-6-11-22)17-23(21)24(25)18-19-7-2-1-3-8-19/h1-3,7-8,12-13,17,22,24-25H,4-6,9-11,14-16,18,26H2. The van der Waals surface area contributed by atoms with E-state index in [4.69, 9.17) is 5.73 Å². The van der Waals surface area contributed by atoms with Crippen molar-refractivity contribution in [2.24, 2.45) is 5.73 Å². The zero-order valence-corrected chi connectivity index (χ0v) is 18.0. The number of fused-ring (bicyclic) bond motifs is 1. The number of sulfone groups is 1. The number of hydrogen-bond donors (Lipinski definition) is 1. The SMILES string of the molecule is NC1CCc2ccc(CCCCS(=O)(=O)C3CCC3)cc2C1Cc1ccccc1. The molecule has 2 aliphatic rings. The first-order chi connectivity index (χ1) is 14.0. The maximum absolute atomic E-state index is 12.3. The Bertz CT molecular complexity index is 919. The fourth-order valence-corrected chi connectivity index (χ4v) is 6.78. The monoisotopic (exact) mass is 411 g/mol. The van der Waals surface area contributed by atoms with Gasteiger partial charge in [0.05, 0.1) is 11.0 Å². The summed E-state index contributed by atoms with van der Waals surface area (Å²) >= 11 is 0. The summed E-state index contributed by atoms with van der Waals surface area (Å²) < 4.78 is 24.5. The van der Waals surface area contributed by atoms with Crippen LogP contribution in [0.4, 0.5) is 0 Å². The third-order valence-corrected chi connectivity index (χ3v) is 9.22. The van der Waals surface area contributed by atoms with Crippen LogP contribution in [-0.4, -0.2) is 25.5 Å². The predicted molar refractivity (Wildman–Crippen MR) is 120 cm³/mol. The summed E-state index contributed by atoms with van der Waals surface area (Å²) in [6, 6.07) is 17.7. The van der Waals surface area contributed by atoms with Crippen LogP contribution in [0.3, 0.4) is 0 Å². The van der Waals surface area contributed by atoms with Crippen molar-refractivity contribution in [1.82, 2.24) is 0 Å². The highest BCUT2D eigenvalue weighted by Crippen LogP contribution is 2.34. The molecular formula is C25H33NO2S.